The maximum atomic E-state index is 11.2. The second-order valence-corrected chi connectivity index (χ2v) is 4.38. The minimum atomic E-state index is -0.133. The highest BCUT2D eigenvalue weighted by Gasteiger charge is 2.02. The number of nitrogens with one attached hydrogen (secondary N) is 1. The van der Waals surface area contributed by atoms with Gasteiger partial charge in [-0.05, 0) is 47.1 Å². The summed E-state index contributed by atoms with van der Waals surface area (Å²) < 4.78 is 1.79. The number of carbonyl (C=O) groups excluding carboxylic acids is 1. The Bertz CT molecular complexity index is 374. The van der Waals surface area contributed by atoms with Crippen molar-refractivity contribution in [3.63, 3.8) is 0 Å². The molecule has 0 heterocycles. The second-order valence-electron chi connectivity index (χ2n) is 2.61. The zero-order valence-electron chi connectivity index (χ0n) is 7.55. The lowest BCUT2D eigenvalue weighted by molar-refractivity contribution is -0.111. The van der Waals surface area contributed by atoms with Crippen molar-refractivity contribution in [2.45, 2.75) is 6.92 Å². The summed E-state index contributed by atoms with van der Waals surface area (Å²) in [6.45, 7) is 1.80. The van der Waals surface area contributed by atoms with Crippen LogP contribution < -0.4 is 5.32 Å². The molecule has 0 unspecified atom stereocenters. The summed E-state index contributed by atoms with van der Waals surface area (Å²) in [4.78, 5) is 11.2. The molecule has 4 heteroatoms. The van der Waals surface area contributed by atoms with Gasteiger partial charge in [0.2, 0.25) is 5.91 Å². The highest BCUT2D eigenvalue weighted by atomic mass is 79.9. The molecular formula is C10H9Br2NO. The van der Waals surface area contributed by atoms with Crippen LogP contribution in [0.3, 0.4) is 0 Å². The Morgan fingerprint density at radius 3 is 2.79 bits per heavy atom. The van der Waals surface area contributed by atoms with Gasteiger partial charge in [-0.1, -0.05) is 22.0 Å². The Kier molecular flexibility index (Phi) is 4.35. The Morgan fingerprint density at radius 1 is 1.43 bits per heavy atom. The molecule has 1 aromatic carbocycles. The van der Waals surface area contributed by atoms with Crippen molar-refractivity contribution >= 4 is 43.5 Å². The molecule has 0 aliphatic rings. The van der Waals surface area contributed by atoms with Crippen molar-refractivity contribution in [3.05, 3.63) is 39.3 Å². The van der Waals surface area contributed by atoms with E-state index in [1.165, 1.54) is 6.08 Å². The largest absolute Gasteiger partial charge is 0.321 e. The van der Waals surface area contributed by atoms with Crippen molar-refractivity contribution in [3.8, 4) is 0 Å². The monoisotopic (exact) mass is 317 g/mol. The van der Waals surface area contributed by atoms with Crippen LogP contribution in [0, 0.1) is 0 Å². The Morgan fingerprint density at radius 2 is 2.14 bits per heavy atom. The van der Waals surface area contributed by atoms with Crippen LogP contribution in [0.1, 0.15) is 6.92 Å². The number of allylic oxidation sites excluding steroid dienone is 1. The molecule has 74 valence electrons. The molecule has 1 aromatic rings. The smallest absolute Gasteiger partial charge is 0.248 e. The molecule has 2 nitrogen and oxygen atoms in total. The van der Waals surface area contributed by atoms with Gasteiger partial charge < -0.3 is 5.32 Å². The number of rotatable bonds is 2. The summed E-state index contributed by atoms with van der Waals surface area (Å²) in [6.07, 6.45) is 3.18. The molecule has 0 aromatic heterocycles. The van der Waals surface area contributed by atoms with Gasteiger partial charge in [-0.25, -0.2) is 0 Å². The van der Waals surface area contributed by atoms with Gasteiger partial charge in [0.05, 0.1) is 5.69 Å². The number of anilines is 1. The van der Waals surface area contributed by atoms with Crippen LogP contribution in [0.25, 0.3) is 0 Å². The molecule has 0 fully saturated rings. The van der Waals surface area contributed by atoms with Gasteiger partial charge in [-0.15, -0.1) is 0 Å². The van der Waals surface area contributed by atoms with Crippen LogP contribution in [0.5, 0.6) is 0 Å². The van der Waals surface area contributed by atoms with Gasteiger partial charge in [0, 0.05) is 8.95 Å². The quantitative estimate of drug-likeness (QED) is 0.827. The van der Waals surface area contributed by atoms with E-state index in [-0.39, 0.29) is 5.91 Å². The SMILES string of the molecule is C/C=C/C(=O)Nc1cc(Br)ccc1Br. The molecule has 0 radical (unpaired) electrons. The van der Waals surface area contributed by atoms with Gasteiger partial charge in [-0.2, -0.15) is 0 Å². The predicted molar refractivity (Wildman–Crippen MR) is 65.3 cm³/mol. The molecule has 0 spiro atoms. The molecule has 0 saturated heterocycles. The van der Waals surface area contributed by atoms with Crippen LogP contribution >= 0.6 is 31.9 Å². The van der Waals surface area contributed by atoms with Crippen molar-refractivity contribution < 1.29 is 4.79 Å². The number of halogens is 2. The van der Waals surface area contributed by atoms with E-state index in [0.717, 1.165) is 14.6 Å². The van der Waals surface area contributed by atoms with Gasteiger partial charge in [0.25, 0.3) is 0 Å². The minimum Gasteiger partial charge on any atom is -0.321 e. The average Bonchev–Trinajstić information content (AvgIpc) is 2.12. The number of benzene rings is 1. The minimum absolute atomic E-state index is 0.133. The molecule has 1 rings (SSSR count). The zero-order chi connectivity index (χ0) is 10.6. The molecule has 0 saturated carbocycles. The normalized spacial score (nSPS) is 10.5. The third-order valence-electron chi connectivity index (χ3n) is 1.50. The van der Waals surface area contributed by atoms with Crippen molar-refractivity contribution in [2.24, 2.45) is 0 Å². The Labute approximate surface area is 99.6 Å². The van der Waals surface area contributed by atoms with E-state index in [2.05, 4.69) is 37.2 Å². The molecule has 1 N–H and O–H groups in total. The number of carbonyl (C=O) groups is 1. The molecule has 0 aliphatic heterocycles. The van der Waals surface area contributed by atoms with Crippen molar-refractivity contribution in [2.75, 3.05) is 5.32 Å². The van der Waals surface area contributed by atoms with Crippen LogP contribution in [0.15, 0.2) is 39.3 Å². The summed E-state index contributed by atoms with van der Waals surface area (Å²) in [6, 6.07) is 5.61. The molecule has 0 bridgehead atoms. The van der Waals surface area contributed by atoms with Gasteiger partial charge in [0.1, 0.15) is 0 Å². The molecule has 1 amide bonds. The fourth-order valence-corrected chi connectivity index (χ4v) is 1.63. The first-order chi connectivity index (χ1) is 6.63. The zero-order valence-corrected chi connectivity index (χ0v) is 10.7. The summed E-state index contributed by atoms with van der Waals surface area (Å²) in [5.41, 5.74) is 0.752. The van der Waals surface area contributed by atoms with E-state index in [1.54, 1.807) is 13.0 Å². The van der Waals surface area contributed by atoms with Crippen LogP contribution in [0.4, 0.5) is 5.69 Å². The maximum Gasteiger partial charge on any atom is 0.248 e. The highest BCUT2D eigenvalue weighted by Crippen LogP contribution is 2.25. The lowest BCUT2D eigenvalue weighted by Gasteiger charge is -2.05. The lowest BCUT2D eigenvalue weighted by Crippen LogP contribution is -2.08. The van der Waals surface area contributed by atoms with Gasteiger partial charge in [0.15, 0.2) is 0 Å². The fraction of sp³-hybridized carbons (Fsp3) is 0.100. The fourth-order valence-electron chi connectivity index (χ4n) is 0.919. The van der Waals surface area contributed by atoms with E-state index in [9.17, 15) is 4.79 Å². The van der Waals surface area contributed by atoms with E-state index in [4.69, 9.17) is 0 Å². The molecule has 0 atom stereocenters. The summed E-state index contributed by atoms with van der Waals surface area (Å²) in [7, 11) is 0. The molecule has 14 heavy (non-hydrogen) atoms. The van der Waals surface area contributed by atoms with Crippen molar-refractivity contribution in [1.29, 1.82) is 0 Å². The maximum absolute atomic E-state index is 11.2. The summed E-state index contributed by atoms with van der Waals surface area (Å²) >= 11 is 6.69. The number of hydrogen-bond donors (Lipinski definition) is 1. The van der Waals surface area contributed by atoms with E-state index in [1.807, 2.05) is 18.2 Å². The first-order valence-electron chi connectivity index (χ1n) is 4.02. The summed E-state index contributed by atoms with van der Waals surface area (Å²) in [5.74, 6) is -0.133. The van der Waals surface area contributed by atoms with Gasteiger partial charge >= 0.3 is 0 Å². The van der Waals surface area contributed by atoms with Crippen LogP contribution in [-0.4, -0.2) is 5.91 Å². The van der Waals surface area contributed by atoms with Crippen LogP contribution in [-0.2, 0) is 4.79 Å². The Hall–Kier alpha value is -0.610. The first-order valence-corrected chi connectivity index (χ1v) is 5.61. The second kappa shape index (κ2) is 5.32. The van der Waals surface area contributed by atoms with Gasteiger partial charge in [-0.3, -0.25) is 4.79 Å². The van der Waals surface area contributed by atoms with Crippen LogP contribution in [0.2, 0.25) is 0 Å². The molecule has 0 aliphatic carbocycles. The third-order valence-corrected chi connectivity index (χ3v) is 2.69. The first kappa shape index (κ1) is 11.5. The predicted octanol–water partition coefficient (Wildman–Crippen LogP) is 3.73. The molecular weight excluding hydrogens is 310 g/mol. The average molecular weight is 319 g/mol. The van der Waals surface area contributed by atoms with E-state index >= 15 is 0 Å². The topological polar surface area (TPSA) is 29.1 Å². The number of hydrogen-bond acceptors (Lipinski definition) is 1. The van der Waals surface area contributed by atoms with E-state index < -0.39 is 0 Å². The number of amides is 1. The van der Waals surface area contributed by atoms with E-state index in [0.29, 0.717) is 0 Å². The lowest BCUT2D eigenvalue weighted by atomic mass is 10.3. The third kappa shape index (κ3) is 3.27. The van der Waals surface area contributed by atoms with Crippen molar-refractivity contribution in [1.82, 2.24) is 0 Å². The Balaban J connectivity index is 2.85. The standard InChI is InChI=1S/C10H9Br2NO/c1-2-3-10(14)13-9-6-7(11)4-5-8(9)12/h2-6H,1H3,(H,13,14)/b3-2+. The highest BCUT2D eigenvalue weighted by molar-refractivity contribution is 9.11. The summed E-state index contributed by atoms with van der Waals surface area (Å²) in [5, 5.41) is 2.75.